The van der Waals surface area contributed by atoms with Gasteiger partial charge in [-0.05, 0) is 79.4 Å². The Kier molecular flexibility index (Phi) is 10.4. The Balaban J connectivity index is 1.13. The molecular weight excluding hydrogens is 598 g/mol. The summed E-state index contributed by atoms with van der Waals surface area (Å²) in [5.41, 5.74) is 7.59. The predicted octanol–water partition coefficient (Wildman–Crippen LogP) is 3.09. The number of carbonyl (C=O) groups excluding carboxylic acids is 2. The normalized spacial score (nSPS) is 19.3. The number of nitrogens with zero attached hydrogens (tertiary/aromatic N) is 7. The number of carbonyl (C=O) groups is 2. The monoisotopic (exact) mass is 637 g/mol. The standard InChI is InChI=1S/C30H40BrN9O2/c1-37-15-17-39(18-16-37)30(42)24-11-13-38(14-12-24)21-22-7-9-23(10-8-22)29(41)35-36-40(25-5-3-2-4-6-25)28-26(31)20-33-27(19-32)34-28/h7-10,20,24-25,36H,2-6,11-18,21H2,1H3,(H,35,41). The van der Waals surface area contributed by atoms with E-state index in [1.54, 1.807) is 6.20 Å². The fourth-order valence-corrected chi connectivity index (χ4v) is 6.45. The number of hydrazine groups is 2. The number of piperazine rings is 1. The van der Waals surface area contributed by atoms with E-state index in [9.17, 15) is 14.9 Å². The van der Waals surface area contributed by atoms with Crippen LogP contribution in [0.3, 0.4) is 0 Å². The second-order valence-electron chi connectivity index (χ2n) is 11.6. The van der Waals surface area contributed by atoms with Crippen molar-refractivity contribution in [2.75, 3.05) is 51.3 Å². The van der Waals surface area contributed by atoms with E-state index in [1.807, 2.05) is 40.2 Å². The number of piperidine rings is 1. The molecule has 2 saturated heterocycles. The molecule has 2 aromatic rings. The number of aromatic nitrogens is 2. The van der Waals surface area contributed by atoms with Crippen LogP contribution in [0.15, 0.2) is 34.9 Å². The summed E-state index contributed by atoms with van der Waals surface area (Å²) in [6.45, 7) is 6.19. The van der Waals surface area contributed by atoms with Gasteiger partial charge in [0.15, 0.2) is 5.82 Å². The largest absolute Gasteiger partial charge is 0.340 e. The lowest BCUT2D eigenvalue weighted by Crippen LogP contribution is -2.55. The topological polar surface area (TPSA) is 121 Å². The van der Waals surface area contributed by atoms with Gasteiger partial charge in [0.2, 0.25) is 11.7 Å². The Morgan fingerprint density at radius 2 is 1.71 bits per heavy atom. The van der Waals surface area contributed by atoms with E-state index < -0.39 is 0 Å². The highest BCUT2D eigenvalue weighted by atomic mass is 79.9. The van der Waals surface area contributed by atoms with Crippen molar-refractivity contribution in [1.29, 1.82) is 5.26 Å². The summed E-state index contributed by atoms with van der Waals surface area (Å²) < 4.78 is 0.644. The third-order valence-electron chi connectivity index (χ3n) is 8.66. The number of benzene rings is 1. The van der Waals surface area contributed by atoms with Gasteiger partial charge in [0.25, 0.3) is 5.91 Å². The molecule has 1 saturated carbocycles. The number of hydrogen-bond acceptors (Lipinski definition) is 9. The first-order valence-corrected chi connectivity index (χ1v) is 15.8. The Morgan fingerprint density at radius 3 is 2.38 bits per heavy atom. The van der Waals surface area contributed by atoms with Gasteiger partial charge < -0.3 is 9.80 Å². The van der Waals surface area contributed by atoms with Gasteiger partial charge in [0.05, 0.1) is 4.47 Å². The molecule has 224 valence electrons. The molecule has 0 unspecified atom stereocenters. The van der Waals surface area contributed by atoms with Gasteiger partial charge in [0, 0.05) is 56.4 Å². The van der Waals surface area contributed by atoms with E-state index in [2.05, 4.69) is 53.7 Å². The lowest BCUT2D eigenvalue weighted by Gasteiger charge is -2.37. The second kappa shape index (κ2) is 14.4. The molecule has 2 N–H and O–H groups in total. The molecular formula is C30H40BrN9O2. The van der Waals surface area contributed by atoms with Crippen molar-refractivity contribution in [2.45, 2.75) is 57.5 Å². The molecule has 0 spiro atoms. The van der Waals surface area contributed by atoms with E-state index in [1.165, 1.54) is 6.42 Å². The number of likely N-dealkylation sites (N-methyl/N-ethyl adjacent to an activating group) is 1. The van der Waals surface area contributed by atoms with Crippen molar-refractivity contribution in [3.63, 3.8) is 0 Å². The molecule has 2 aliphatic heterocycles. The maximum Gasteiger partial charge on any atom is 0.266 e. The first kappa shape index (κ1) is 30.4. The Labute approximate surface area is 256 Å². The van der Waals surface area contributed by atoms with Crippen LogP contribution in [0.25, 0.3) is 0 Å². The highest BCUT2D eigenvalue weighted by Gasteiger charge is 2.30. The van der Waals surface area contributed by atoms with Crippen LogP contribution < -0.4 is 16.0 Å². The van der Waals surface area contributed by atoms with Crippen LogP contribution in [-0.2, 0) is 11.3 Å². The molecule has 5 rings (SSSR count). The number of rotatable bonds is 8. The number of halogens is 1. The third kappa shape index (κ3) is 7.64. The third-order valence-corrected chi connectivity index (χ3v) is 9.22. The van der Waals surface area contributed by atoms with Crippen LogP contribution in [0.2, 0.25) is 0 Å². The number of nitriles is 1. The smallest absolute Gasteiger partial charge is 0.266 e. The van der Waals surface area contributed by atoms with Crippen molar-refractivity contribution in [3.8, 4) is 6.07 Å². The van der Waals surface area contributed by atoms with Crippen LogP contribution in [-0.4, -0.2) is 88.8 Å². The van der Waals surface area contributed by atoms with E-state index in [4.69, 9.17) is 0 Å². The van der Waals surface area contributed by atoms with Gasteiger partial charge in [-0.1, -0.05) is 31.4 Å². The SMILES string of the molecule is CN1CCN(C(=O)C2CCN(Cc3ccc(C(=O)NNN(c4nc(C#N)ncc4Br)C4CCCCC4)cc3)CC2)CC1. The molecule has 12 heteroatoms. The highest BCUT2D eigenvalue weighted by Crippen LogP contribution is 2.29. The lowest BCUT2D eigenvalue weighted by atomic mass is 9.94. The number of likely N-dealkylation sites (tertiary alicyclic amines) is 1. The number of anilines is 1. The molecule has 0 bridgehead atoms. The van der Waals surface area contributed by atoms with Crippen molar-refractivity contribution in [3.05, 3.63) is 51.9 Å². The molecule has 3 fully saturated rings. The molecule has 2 amide bonds. The maximum atomic E-state index is 13.1. The van der Waals surface area contributed by atoms with Crippen molar-refractivity contribution >= 4 is 33.6 Å². The molecule has 1 aromatic heterocycles. The van der Waals surface area contributed by atoms with Crippen molar-refractivity contribution in [2.24, 2.45) is 5.92 Å². The number of amides is 2. The van der Waals surface area contributed by atoms with Crippen LogP contribution >= 0.6 is 15.9 Å². The van der Waals surface area contributed by atoms with Gasteiger partial charge in [-0.25, -0.2) is 4.98 Å². The zero-order valence-electron chi connectivity index (χ0n) is 24.3. The molecule has 3 heterocycles. The second-order valence-corrected chi connectivity index (χ2v) is 12.4. The minimum Gasteiger partial charge on any atom is -0.340 e. The van der Waals surface area contributed by atoms with Crippen LogP contribution in [0.1, 0.15) is 66.7 Å². The van der Waals surface area contributed by atoms with Crippen molar-refractivity contribution in [1.82, 2.24) is 35.6 Å². The lowest BCUT2D eigenvalue weighted by molar-refractivity contribution is -0.138. The zero-order valence-corrected chi connectivity index (χ0v) is 25.9. The first-order valence-electron chi connectivity index (χ1n) is 15.0. The molecule has 11 nitrogen and oxygen atoms in total. The minimum absolute atomic E-state index is 0.0728. The molecule has 0 radical (unpaired) electrons. The predicted molar refractivity (Wildman–Crippen MR) is 163 cm³/mol. The fourth-order valence-electron chi connectivity index (χ4n) is 6.06. The number of nitrogens with one attached hydrogen (secondary N) is 2. The summed E-state index contributed by atoms with van der Waals surface area (Å²) in [6.07, 6.45) is 8.64. The Morgan fingerprint density at radius 1 is 1.02 bits per heavy atom. The van der Waals surface area contributed by atoms with Gasteiger partial charge >= 0.3 is 0 Å². The highest BCUT2D eigenvalue weighted by molar-refractivity contribution is 9.10. The molecule has 0 atom stereocenters. The zero-order chi connectivity index (χ0) is 29.5. The minimum atomic E-state index is -0.253. The van der Waals surface area contributed by atoms with Crippen LogP contribution in [0.5, 0.6) is 0 Å². The van der Waals surface area contributed by atoms with Crippen LogP contribution in [0.4, 0.5) is 5.82 Å². The average molecular weight is 639 g/mol. The van der Waals surface area contributed by atoms with E-state index in [-0.39, 0.29) is 23.7 Å². The molecule has 1 aliphatic carbocycles. The molecule has 42 heavy (non-hydrogen) atoms. The fraction of sp³-hybridized carbons (Fsp3) is 0.567. The molecule has 1 aromatic carbocycles. The van der Waals surface area contributed by atoms with Gasteiger partial charge in [-0.2, -0.15) is 10.2 Å². The Bertz CT molecular complexity index is 1260. The summed E-state index contributed by atoms with van der Waals surface area (Å²) in [6, 6.07) is 9.79. The van der Waals surface area contributed by atoms with E-state index in [0.29, 0.717) is 21.8 Å². The summed E-state index contributed by atoms with van der Waals surface area (Å²) >= 11 is 3.50. The quantitative estimate of drug-likeness (QED) is 0.421. The Hall–Kier alpha value is -3.11. The maximum absolute atomic E-state index is 13.1. The van der Waals surface area contributed by atoms with Gasteiger partial charge in [0.1, 0.15) is 6.07 Å². The first-order chi connectivity index (χ1) is 20.4. The van der Waals surface area contributed by atoms with Gasteiger partial charge in [-0.15, -0.1) is 5.53 Å². The summed E-state index contributed by atoms with van der Waals surface area (Å²) in [5, 5.41) is 11.2. The van der Waals surface area contributed by atoms with Gasteiger partial charge in [-0.3, -0.25) is 24.9 Å². The summed E-state index contributed by atoms with van der Waals surface area (Å²) in [4.78, 5) is 41.2. The summed E-state index contributed by atoms with van der Waals surface area (Å²) in [7, 11) is 2.11. The number of hydrogen-bond donors (Lipinski definition) is 2. The summed E-state index contributed by atoms with van der Waals surface area (Å²) in [5.74, 6) is 0.801. The molecule has 3 aliphatic rings. The van der Waals surface area contributed by atoms with E-state index >= 15 is 0 Å². The van der Waals surface area contributed by atoms with Crippen molar-refractivity contribution < 1.29 is 9.59 Å². The van der Waals surface area contributed by atoms with E-state index in [0.717, 1.165) is 89.9 Å². The average Bonchev–Trinajstić information content (AvgIpc) is 3.03. The van der Waals surface area contributed by atoms with Crippen LogP contribution in [0, 0.1) is 17.2 Å².